The lowest BCUT2D eigenvalue weighted by Gasteiger charge is -2.29. The summed E-state index contributed by atoms with van der Waals surface area (Å²) in [5.74, 6) is -0.618. The van der Waals surface area contributed by atoms with Crippen LogP contribution < -0.4 is 5.32 Å². The van der Waals surface area contributed by atoms with E-state index < -0.39 is 21.8 Å². The van der Waals surface area contributed by atoms with Gasteiger partial charge in [0.2, 0.25) is 11.8 Å². The van der Waals surface area contributed by atoms with Crippen molar-refractivity contribution in [3.8, 4) is 5.69 Å². The van der Waals surface area contributed by atoms with Crippen LogP contribution in [0.25, 0.3) is 5.69 Å². The minimum absolute atomic E-state index is 0.188. The van der Waals surface area contributed by atoms with E-state index in [1.807, 2.05) is 12.3 Å². The van der Waals surface area contributed by atoms with Crippen LogP contribution in [0.2, 0.25) is 0 Å². The molecule has 0 aliphatic carbocycles. The van der Waals surface area contributed by atoms with E-state index in [1.165, 1.54) is 4.90 Å². The Morgan fingerprint density at radius 2 is 1.91 bits per heavy atom. The van der Waals surface area contributed by atoms with Crippen LogP contribution in [0.5, 0.6) is 0 Å². The number of imide groups is 1. The van der Waals surface area contributed by atoms with E-state index in [0.29, 0.717) is 38.0 Å². The molecule has 3 aliphatic rings. The van der Waals surface area contributed by atoms with Crippen LogP contribution in [0, 0.1) is 0 Å². The minimum atomic E-state index is -2.91. The molecule has 1 N–H and O–H groups in total. The highest BCUT2D eigenvalue weighted by molar-refractivity contribution is 7.91. The van der Waals surface area contributed by atoms with Gasteiger partial charge in [-0.2, -0.15) is 0 Å². The van der Waals surface area contributed by atoms with Crippen molar-refractivity contribution in [2.45, 2.75) is 31.8 Å². The number of nitrogens with zero attached hydrogens (tertiary/aromatic N) is 5. The SMILES string of the molecule is O=C1CCC(N2Cc3c(cccc3-n3cc(CCN4CCS(=O)(=O)CC4)nn3)C2=O)C(=O)N1. The fourth-order valence-electron chi connectivity index (χ4n) is 4.56. The molecule has 0 bridgehead atoms. The zero-order valence-electron chi connectivity index (χ0n) is 17.9. The zero-order chi connectivity index (χ0) is 23.2. The first-order valence-electron chi connectivity index (χ1n) is 10.9. The van der Waals surface area contributed by atoms with Gasteiger partial charge in [0.1, 0.15) is 6.04 Å². The van der Waals surface area contributed by atoms with Crippen molar-refractivity contribution in [2.75, 3.05) is 31.1 Å². The van der Waals surface area contributed by atoms with Gasteiger partial charge in [-0.05, 0) is 18.6 Å². The summed E-state index contributed by atoms with van der Waals surface area (Å²) in [6.07, 6.45) is 2.97. The van der Waals surface area contributed by atoms with Gasteiger partial charge in [0.05, 0.1) is 29.1 Å². The maximum absolute atomic E-state index is 13.0. The van der Waals surface area contributed by atoms with E-state index in [2.05, 4.69) is 20.5 Å². The Morgan fingerprint density at radius 1 is 1.12 bits per heavy atom. The molecule has 5 rings (SSSR count). The third-order valence-electron chi connectivity index (χ3n) is 6.47. The monoisotopic (exact) mass is 472 g/mol. The molecule has 0 radical (unpaired) electrons. The summed E-state index contributed by atoms with van der Waals surface area (Å²) in [6, 6.07) is 4.69. The number of hydrogen-bond acceptors (Lipinski definition) is 8. The van der Waals surface area contributed by atoms with Crippen LogP contribution in [-0.4, -0.2) is 88.1 Å². The number of rotatable bonds is 5. The lowest BCUT2D eigenvalue weighted by atomic mass is 10.0. The summed E-state index contributed by atoms with van der Waals surface area (Å²) < 4.78 is 24.8. The Bertz CT molecular complexity index is 1230. The van der Waals surface area contributed by atoms with E-state index in [4.69, 9.17) is 0 Å². The number of amides is 3. The molecule has 11 nitrogen and oxygen atoms in total. The van der Waals surface area contributed by atoms with Gasteiger partial charge in [0, 0.05) is 50.1 Å². The number of nitrogens with one attached hydrogen (secondary N) is 1. The van der Waals surface area contributed by atoms with Gasteiger partial charge < -0.3 is 9.80 Å². The third-order valence-corrected chi connectivity index (χ3v) is 8.08. The van der Waals surface area contributed by atoms with Crippen LogP contribution in [0.3, 0.4) is 0 Å². The summed E-state index contributed by atoms with van der Waals surface area (Å²) in [5.41, 5.74) is 2.78. The number of benzene rings is 1. The van der Waals surface area contributed by atoms with Gasteiger partial charge in [-0.25, -0.2) is 13.1 Å². The first kappa shape index (κ1) is 21.7. The second-order valence-corrected chi connectivity index (χ2v) is 10.9. The maximum atomic E-state index is 13.0. The van der Waals surface area contributed by atoms with E-state index in [9.17, 15) is 22.8 Å². The molecule has 1 aromatic heterocycles. The van der Waals surface area contributed by atoms with E-state index in [0.717, 1.165) is 16.9 Å². The first-order valence-corrected chi connectivity index (χ1v) is 12.7. The van der Waals surface area contributed by atoms with Crippen molar-refractivity contribution in [3.63, 3.8) is 0 Å². The normalized spacial score (nSPS) is 23.0. The smallest absolute Gasteiger partial charge is 0.255 e. The predicted molar refractivity (Wildman–Crippen MR) is 116 cm³/mol. The van der Waals surface area contributed by atoms with Gasteiger partial charge in [0.25, 0.3) is 5.91 Å². The molecule has 4 heterocycles. The average molecular weight is 473 g/mol. The lowest BCUT2D eigenvalue weighted by molar-refractivity contribution is -0.136. The Hall–Kier alpha value is -3.12. The number of fused-ring (bicyclic) bond motifs is 1. The summed E-state index contributed by atoms with van der Waals surface area (Å²) in [6.45, 7) is 2.01. The third kappa shape index (κ3) is 4.27. The molecule has 2 fully saturated rings. The van der Waals surface area contributed by atoms with Gasteiger partial charge in [-0.15, -0.1) is 5.10 Å². The standard InChI is InChI=1S/C21H24N6O5S/c28-19-5-4-18(20(29)22-19)26-13-16-15(21(26)30)2-1-3-17(16)27-12-14(23-24-27)6-7-25-8-10-33(31,32)11-9-25/h1-3,12,18H,4-11,13H2,(H,22,28,29). The highest BCUT2D eigenvalue weighted by Gasteiger charge is 2.40. The number of piperidine rings is 1. The number of carbonyl (C=O) groups excluding carboxylic acids is 3. The number of carbonyl (C=O) groups is 3. The molecule has 1 unspecified atom stereocenters. The first-order chi connectivity index (χ1) is 15.8. The minimum Gasteiger partial charge on any atom is -0.322 e. The molecule has 0 spiro atoms. The molecular weight excluding hydrogens is 448 g/mol. The molecule has 3 amide bonds. The number of hydrogen-bond donors (Lipinski definition) is 1. The van der Waals surface area contributed by atoms with Crippen LogP contribution in [0.1, 0.15) is 34.5 Å². The topological polar surface area (TPSA) is 135 Å². The second kappa shape index (κ2) is 8.34. The molecule has 1 aromatic carbocycles. The quantitative estimate of drug-likeness (QED) is 0.565. The van der Waals surface area contributed by atoms with Crippen LogP contribution in [0.4, 0.5) is 0 Å². The van der Waals surface area contributed by atoms with Crippen molar-refractivity contribution in [2.24, 2.45) is 0 Å². The van der Waals surface area contributed by atoms with Crippen molar-refractivity contribution in [1.82, 2.24) is 30.1 Å². The molecule has 12 heteroatoms. The Balaban J connectivity index is 1.30. The van der Waals surface area contributed by atoms with Crippen molar-refractivity contribution >= 4 is 27.6 Å². The van der Waals surface area contributed by atoms with Crippen molar-refractivity contribution in [1.29, 1.82) is 0 Å². The van der Waals surface area contributed by atoms with Gasteiger partial charge in [-0.3, -0.25) is 19.7 Å². The molecule has 174 valence electrons. The zero-order valence-corrected chi connectivity index (χ0v) is 18.8. The van der Waals surface area contributed by atoms with E-state index in [-0.39, 0.29) is 36.3 Å². The van der Waals surface area contributed by atoms with Crippen molar-refractivity contribution < 1.29 is 22.8 Å². The summed E-state index contributed by atoms with van der Waals surface area (Å²) in [5, 5.41) is 10.8. The fraction of sp³-hybridized carbons (Fsp3) is 0.476. The van der Waals surface area contributed by atoms with E-state index in [1.54, 1.807) is 16.8 Å². The highest BCUT2D eigenvalue weighted by Crippen LogP contribution is 2.31. The molecule has 1 atom stereocenters. The van der Waals surface area contributed by atoms with Gasteiger partial charge in [0.15, 0.2) is 9.84 Å². The molecule has 33 heavy (non-hydrogen) atoms. The van der Waals surface area contributed by atoms with Crippen LogP contribution in [-0.2, 0) is 32.4 Å². The summed E-state index contributed by atoms with van der Waals surface area (Å²) in [7, 11) is -2.91. The molecule has 2 aromatic rings. The lowest BCUT2D eigenvalue weighted by Crippen LogP contribution is -2.52. The molecule has 3 aliphatic heterocycles. The average Bonchev–Trinajstić information content (AvgIpc) is 3.38. The maximum Gasteiger partial charge on any atom is 0.255 e. The molecule has 0 saturated carbocycles. The number of aromatic nitrogens is 3. The van der Waals surface area contributed by atoms with Gasteiger partial charge >= 0.3 is 0 Å². The predicted octanol–water partition coefficient (Wildman–Crippen LogP) is -0.699. The van der Waals surface area contributed by atoms with Crippen molar-refractivity contribution in [3.05, 3.63) is 41.2 Å². The largest absolute Gasteiger partial charge is 0.322 e. The summed E-state index contributed by atoms with van der Waals surface area (Å²) >= 11 is 0. The fourth-order valence-corrected chi connectivity index (χ4v) is 5.84. The second-order valence-electron chi connectivity index (χ2n) is 8.60. The molecular formula is C21H24N6O5S. The Kier molecular flexibility index (Phi) is 5.49. The van der Waals surface area contributed by atoms with Gasteiger partial charge in [-0.1, -0.05) is 11.3 Å². The highest BCUT2D eigenvalue weighted by atomic mass is 32.2. The van der Waals surface area contributed by atoms with Crippen LogP contribution in [0.15, 0.2) is 24.4 Å². The number of sulfone groups is 1. The Labute approximate surface area is 190 Å². The Morgan fingerprint density at radius 3 is 2.67 bits per heavy atom. The molecule has 2 saturated heterocycles. The van der Waals surface area contributed by atoms with E-state index >= 15 is 0 Å². The summed E-state index contributed by atoms with van der Waals surface area (Å²) in [4.78, 5) is 40.4. The van der Waals surface area contributed by atoms with Crippen LogP contribution >= 0.6 is 0 Å².